The second kappa shape index (κ2) is 9.01. The Hall–Kier alpha value is -3.01. The molecule has 4 rings (SSSR count). The highest BCUT2D eigenvalue weighted by Gasteiger charge is 2.21. The lowest BCUT2D eigenvalue weighted by Gasteiger charge is -2.12. The summed E-state index contributed by atoms with van der Waals surface area (Å²) < 4.78 is 38.4. The summed E-state index contributed by atoms with van der Waals surface area (Å²) in [7, 11) is -3.74. The quantitative estimate of drug-likeness (QED) is 0.582. The van der Waals surface area contributed by atoms with Crippen LogP contribution in [0, 0.1) is 6.92 Å². The van der Waals surface area contributed by atoms with E-state index in [2.05, 4.69) is 15.0 Å². The van der Waals surface area contributed by atoms with E-state index in [4.69, 9.17) is 9.15 Å². The highest BCUT2D eigenvalue weighted by molar-refractivity contribution is 7.89. The van der Waals surface area contributed by atoms with Crippen LogP contribution in [0.5, 0.6) is 0 Å². The standard InChI is InChI=1S/C22H23N3O5S/c1-15-24-21(14-30-15)16-7-9-18(10-8-16)25-22(26)17-4-2-6-20(12-17)31(27,28)23-13-19-5-3-11-29-19/h2,4,6-10,12,14,19,23H,3,5,11,13H2,1H3,(H,25,26)/t19-/m0/s1. The van der Waals surface area contributed by atoms with Crippen molar-refractivity contribution in [1.82, 2.24) is 9.71 Å². The fraction of sp³-hybridized carbons (Fsp3) is 0.273. The first-order chi connectivity index (χ1) is 14.9. The summed E-state index contributed by atoms with van der Waals surface area (Å²) in [4.78, 5) is 16.9. The normalized spacial score (nSPS) is 16.4. The molecule has 1 aliphatic rings. The molecule has 2 N–H and O–H groups in total. The molecule has 1 saturated heterocycles. The number of aromatic nitrogens is 1. The molecule has 9 heteroatoms. The number of sulfonamides is 1. The zero-order chi connectivity index (χ0) is 21.8. The number of nitrogens with zero attached hydrogens (tertiary/aromatic N) is 1. The zero-order valence-electron chi connectivity index (χ0n) is 17.0. The minimum atomic E-state index is -3.74. The average molecular weight is 442 g/mol. The third kappa shape index (κ3) is 5.19. The first kappa shape index (κ1) is 21.2. The van der Waals surface area contributed by atoms with Crippen LogP contribution in [0.4, 0.5) is 5.69 Å². The van der Waals surface area contributed by atoms with Gasteiger partial charge in [0.2, 0.25) is 10.0 Å². The van der Waals surface area contributed by atoms with Crippen molar-refractivity contribution in [2.45, 2.75) is 30.8 Å². The van der Waals surface area contributed by atoms with Gasteiger partial charge in [-0.15, -0.1) is 0 Å². The Morgan fingerprint density at radius 2 is 2.00 bits per heavy atom. The highest BCUT2D eigenvalue weighted by atomic mass is 32.2. The molecule has 1 amide bonds. The monoisotopic (exact) mass is 441 g/mol. The molecule has 1 atom stereocenters. The van der Waals surface area contributed by atoms with Gasteiger partial charge in [0.25, 0.3) is 5.91 Å². The Bertz CT molecular complexity index is 1170. The first-order valence-electron chi connectivity index (χ1n) is 9.96. The fourth-order valence-electron chi connectivity index (χ4n) is 3.32. The molecule has 0 saturated carbocycles. The Balaban J connectivity index is 1.43. The molecule has 3 aromatic rings. The third-order valence-corrected chi connectivity index (χ3v) is 6.41. The van der Waals surface area contributed by atoms with Crippen molar-refractivity contribution in [2.75, 3.05) is 18.5 Å². The molecule has 0 unspecified atom stereocenters. The summed E-state index contributed by atoms with van der Waals surface area (Å²) in [6, 6.07) is 13.1. The van der Waals surface area contributed by atoms with Crippen molar-refractivity contribution in [1.29, 1.82) is 0 Å². The molecular formula is C22H23N3O5S. The molecule has 1 fully saturated rings. The molecular weight excluding hydrogens is 418 g/mol. The minimum absolute atomic E-state index is 0.0369. The van der Waals surface area contributed by atoms with Crippen LogP contribution in [0.1, 0.15) is 29.1 Å². The molecule has 0 spiro atoms. The maximum Gasteiger partial charge on any atom is 0.255 e. The van der Waals surface area contributed by atoms with E-state index in [1.165, 1.54) is 12.1 Å². The van der Waals surface area contributed by atoms with Gasteiger partial charge in [-0.3, -0.25) is 4.79 Å². The van der Waals surface area contributed by atoms with E-state index < -0.39 is 15.9 Å². The van der Waals surface area contributed by atoms with E-state index in [0.717, 1.165) is 18.4 Å². The number of ether oxygens (including phenoxy) is 1. The van der Waals surface area contributed by atoms with Gasteiger partial charge in [-0.25, -0.2) is 18.1 Å². The van der Waals surface area contributed by atoms with E-state index in [0.29, 0.717) is 23.9 Å². The minimum Gasteiger partial charge on any atom is -0.449 e. The van der Waals surface area contributed by atoms with Gasteiger partial charge < -0.3 is 14.5 Å². The van der Waals surface area contributed by atoms with Gasteiger partial charge in [0.15, 0.2) is 5.89 Å². The van der Waals surface area contributed by atoms with E-state index in [-0.39, 0.29) is 23.1 Å². The summed E-state index contributed by atoms with van der Waals surface area (Å²) >= 11 is 0. The van der Waals surface area contributed by atoms with Crippen LogP contribution in [0.25, 0.3) is 11.3 Å². The number of hydrogen-bond donors (Lipinski definition) is 2. The van der Waals surface area contributed by atoms with Crippen molar-refractivity contribution in [3.63, 3.8) is 0 Å². The second-order valence-corrected chi connectivity index (χ2v) is 9.06. The largest absolute Gasteiger partial charge is 0.449 e. The lowest BCUT2D eigenvalue weighted by molar-refractivity contribution is 0.102. The topological polar surface area (TPSA) is 111 Å². The van der Waals surface area contributed by atoms with Gasteiger partial charge in [-0.2, -0.15) is 0 Å². The molecule has 0 bridgehead atoms. The van der Waals surface area contributed by atoms with Crippen molar-refractivity contribution in [3.05, 3.63) is 66.2 Å². The number of anilines is 1. The third-order valence-electron chi connectivity index (χ3n) is 4.99. The summed E-state index contributed by atoms with van der Waals surface area (Å²) in [5.41, 5.74) is 2.40. The highest BCUT2D eigenvalue weighted by Crippen LogP contribution is 2.21. The number of aryl methyl sites for hydroxylation is 1. The predicted molar refractivity (Wildman–Crippen MR) is 115 cm³/mol. The Morgan fingerprint density at radius 1 is 1.19 bits per heavy atom. The van der Waals surface area contributed by atoms with Crippen LogP contribution in [0.15, 0.2) is 64.1 Å². The first-order valence-corrected chi connectivity index (χ1v) is 11.4. The van der Waals surface area contributed by atoms with Gasteiger partial charge >= 0.3 is 0 Å². The van der Waals surface area contributed by atoms with Gasteiger partial charge in [0.1, 0.15) is 12.0 Å². The van der Waals surface area contributed by atoms with Gasteiger partial charge in [0.05, 0.1) is 11.0 Å². The van der Waals surface area contributed by atoms with Crippen LogP contribution in [-0.4, -0.2) is 38.6 Å². The van der Waals surface area contributed by atoms with Crippen LogP contribution < -0.4 is 10.0 Å². The van der Waals surface area contributed by atoms with Gasteiger partial charge in [-0.1, -0.05) is 18.2 Å². The Labute approximate surface area is 180 Å². The summed E-state index contributed by atoms with van der Waals surface area (Å²) in [5, 5.41) is 2.78. The summed E-state index contributed by atoms with van der Waals surface area (Å²) in [6.45, 7) is 2.64. The molecule has 8 nitrogen and oxygen atoms in total. The second-order valence-electron chi connectivity index (χ2n) is 7.30. The van der Waals surface area contributed by atoms with Crippen LogP contribution in [0.2, 0.25) is 0 Å². The lowest BCUT2D eigenvalue weighted by Crippen LogP contribution is -2.32. The number of carbonyl (C=O) groups is 1. The fourth-order valence-corrected chi connectivity index (χ4v) is 4.43. The summed E-state index contributed by atoms with van der Waals surface area (Å²) in [5.74, 6) is 0.175. The van der Waals surface area contributed by atoms with Gasteiger partial charge in [-0.05, 0) is 43.2 Å². The zero-order valence-corrected chi connectivity index (χ0v) is 17.8. The van der Waals surface area contributed by atoms with E-state index in [1.54, 1.807) is 37.5 Å². The van der Waals surface area contributed by atoms with E-state index in [1.807, 2.05) is 12.1 Å². The molecule has 0 aliphatic carbocycles. The van der Waals surface area contributed by atoms with Crippen LogP contribution >= 0.6 is 0 Å². The molecule has 162 valence electrons. The number of rotatable bonds is 7. The number of nitrogens with one attached hydrogen (secondary N) is 2. The maximum atomic E-state index is 12.6. The Morgan fingerprint density at radius 3 is 2.68 bits per heavy atom. The van der Waals surface area contributed by atoms with E-state index >= 15 is 0 Å². The van der Waals surface area contributed by atoms with Crippen molar-refractivity contribution < 1.29 is 22.4 Å². The number of hydrogen-bond acceptors (Lipinski definition) is 6. The molecule has 1 aliphatic heterocycles. The molecule has 0 radical (unpaired) electrons. The Kier molecular flexibility index (Phi) is 6.17. The number of amides is 1. The molecule has 31 heavy (non-hydrogen) atoms. The van der Waals surface area contributed by atoms with Crippen molar-refractivity contribution >= 4 is 21.6 Å². The lowest BCUT2D eigenvalue weighted by atomic mass is 10.1. The molecule has 1 aromatic heterocycles. The molecule has 2 heterocycles. The smallest absolute Gasteiger partial charge is 0.255 e. The number of oxazole rings is 1. The number of carbonyl (C=O) groups excluding carboxylic acids is 1. The summed E-state index contributed by atoms with van der Waals surface area (Å²) in [6.07, 6.45) is 3.23. The van der Waals surface area contributed by atoms with E-state index in [9.17, 15) is 13.2 Å². The average Bonchev–Trinajstić information content (AvgIpc) is 3.45. The van der Waals surface area contributed by atoms with Crippen LogP contribution in [0.3, 0.4) is 0 Å². The van der Waals surface area contributed by atoms with Crippen LogP contribution in [-0.2, 0) is 14.8 Å². The predicted octanol–water partition coefficient (Wildman–Crippen LogP) is 3.36. The van der Waals surface area contributed by atoms with Crippen molar-refractivity contribution in [2.24, 2.45) is 0 Å². The SMILES string of the molecule is Cc1nc(-c2ccc(NC(=O)c3cccc(S(=O)(=O)NC[C@@H]4CCCO4)c3)cc2)co1. The van der Waals surface area contributed by atoms with Crippen molar-refractivity contribution in [3.8, 4) is 11.3 Å². The maximum absolute atomic E-state index is 12.6. The number of benzene rings is 2. The molecule has 2 aromatic carbocycles. The van der Waals surface area contributed by atoms with Gasteiger partial charge in [0, 0.05) is 36.9 Å².